The summed E-state index contributed by atoms with van der Waals surface area (Å²) >= 11 is 0. The quantitative estimate of drug-likeness (QED) is 0.306. The summed E-state index contributed by atoms with van der Waals surface area (Å²) in [5.74, 6) is 1.38. The van der Waals surface area contributed by atoms with E-state index < -0.39 is 9.84 Å². The second kappa shape index (κ2) is 6.56. The molecule has 0 saturated heterocycles. The van der Waals surface area contributed by atoms with E-state index in [-0.39, 0.29) is 9.79 Å². The molecular weight excluding hydrogens is 470 g/mol. The fraction of sp³-hybridized carbons (Fsp3) is 0.0357. The number of nitrogens with zero attached hydrogens (tertiary/aromatic N) is 5. The largest absolute Gasteiger partial charge is 0.294 e. The lowest BCUT2D eigenvalue weighted by molar-refractivity contribution is 0.594. The Hall–Kier alpha value is -4.56. The average Bonchev–Trinajstić information content (AvgIpc) is 3.45. The Morgan fingerprint density at radius 2 is 1.50 bits per heavy atom. The number of fused-ring (bicyclic) bond motifs is 7. The van der Waals surface area contributed by atoms with Crippen LogP contribution in [0.5, 0.6) is 0 Å². The summed E-state index contributed by atoms with van der Waals surface area (Å²) in [4.78, 5) is 15.0. The Kier molecular flexibility index (Phi) is 3.59. The molecule has 36 heavy (non-hydrogen) atoms. The van der Waals surface area contributed by atoms with Crippen molar-refractivity contribution < 1.29 is 8.42 Å². The highest BCUT2D eigenvalue weighted by Crippen LogP contribution is 2.41. The van der Waals surface area contributed by atoms with E-state index in [1.807, 2.05) is 82.6 Å². The van der Waals surface area contributed by atoms with Gasteiger partial charge in [0.1, 0.15) is 17.3 Å². The predicted octanol–water partition coefficient (Wildman–Crippen LogP) is 5.50. The lowest BCUT2D eigenvalue weighted by Gasteiger charge is -2.21. The molecule has 7 aromatic rings. The summed E-state index contributed by atoms with van der Waals surface area (Å²) in [5, 5.41) is 0.938. The molecule has 172 valence electrons. The highest BCUT2D eigenvalue weighted by Gasteiger charge is 2.33. The van der Waals surface area contributed by atoms with Crippen LogP contribution < -0.4 is 0 Å². The number of aromatic nitrogens is 5. The first kappa shape index (κ1) is 19.7. The highest BCUT2D eigenvalue weighted by molar-refractivity contribution is 7.92. The van der Waals surface area contributed by atoms with Crippen molar-refractivity contribution in [2.45, 2.75) is 16.7 Å². The first-order chi connectivity index (χ1) is 17.5. The minimum Gasteiger partial charge on any atom is -0.294 e. The fourth-order valence-corrected chi connectivity index (χ4v) is 7.10. The van der Waals surface area contributed by atoms with Crippen LogP contribution in [0.2, 0.25) is 0 Å². The van der Waals surface area contributed by atoms with Crippen LogP contribution in [0.4, 0.5) is 0 Å². The molecule has 0 N–H and O–H groups in total. The zero-order chi connectivity index (χ0) is 24.2. The van der Waals surface area contributed by atoms with E-state index in [1.54, 1.807) is 18.2 Å². The molecule has 3 aromatic heterocycles. The Labute approximate surface area is 205 Å². The van der Waals surface area contributed by atoms with Gasteiger partial charge in [0.15, 0.2) is 0 Å². The Balaban J connectivity index is 1.50. The van der Waals surface area contributed by atoms with Crippen molar-refractivity contribution in [2.24, 2.45) is 0 Å². The van der Waals surface area contributed by atoms with E-state index in [1.165, 1.54) is 0 Å². The minimum atomic E-state index is -3.76. The van der Waals surface area contributed by atoms with Gasteiger partial charge in [0.25, 0.3) is 0 Å². The summed E-state index contributed by atoms with van der Waals surface area (Å²) in [5.41, 5.74) is 5.96. The van der Waals surface area contributed by atoms with Gasteiger partial charge in [-0.2, -0.15) is 0 Å². The molecule has 7 nitrogen and oxygen atoms in total. The summed E-state index contributed by atoms with van der Waals surface area (Å²) in [6.07, 6.45) is 0. The molecule has 0 bridgehead atoms. The summed E-state index contributed by atoms with van der Waals surface area (Å²) in [7, 11) is -3.76. The fourth-order valence-electron chi connectivity index (χ4n) is 5.43. The number of aryl methyl sites for hydroxylation is 1. The maximum Gasteiger partial charge on any atom is 0.210 e. The van der Waals surface area contributed by atoms with Crippen LogP contribution >= 0.6 is 0 Å². The molecule has 0 radical (unpaired) electrons. The molecule has 1 aliphatic rings. The van der Waals surface area contributed by atoms with Crippen LogP contribution in [0.15, 0.2) is 94.7 Å². The van der Waals surface area contributed by atoms with Crippen LogP contribution in [0.1, 0.15) is 5.82 Å². The number of hydrogen-bond donors (Lipinski definition) is 0. The van der Waals surface area contributed by atoms with Gasteiger partial charge in [-0.25, -0.2) is 23.4 Å². The third-order valence-electron chi connectivity index (χ3n) is 6.99. The van der Waals surface area contributed by atoms with Gasteiger partial charge in [0.2, 0.25) is 9.84 Å². The molecule has 0 spiro atoms. The van der Waals surface area contributed by atoms with Crippen LogP contribution in [0.25, 0.3) is 55.7 Å². The van der Waals surface area contributed by atoms with E-state index in [0.29, 0.717) is 28.1 Å². The predicted molar refractivity (Wildman–Crippen MR) is 138 cm³/mol. The SMILES string of the molecule is Cc1nc2cccc3c2n1-c1ccc(-c2nc4ccccc4c4nc5ccccc5n24)cc1S3(=O)=O. The second-order valence-corrected chi connectivity index (χ2v) is 10.9. The number of imidazole rings is 2. The van der Waals surface area contributed by atoms with Gasteiger partial charge < -0.3 is 0 Å². The van der Waals surface area contributed by atoms with E-state index in [0.717, 1.165) is 33.4 Å². The van der Waals surface area contributed by atoms with Crippen molar-refractivity contribution in [3.05, 3.63) is 90.8 Å². The van der Waals surface area contributed by atoms with Crippen molar-refractivity contribution in [1.82, 2.24) is 23.9 Å². The van der Waals surface area contributed by atoms with E-state index in [2.05, 4.69) is 4.98 Å². The van der Waals surface area contributed by atoms with Crippen LogP contribution in [-0.2, 0) is 9.84 Å². The average molecular weight is 488 g/mol. The van der Waals surface area contributed by atoms with E-state index >= 15 is 0 Å². The van der Waals surface area contributed by atoms with E-state index in [4.69, 9.17) is 9.97 Å². The van der Waals surface area contributed by atoms with Crippen molar-refractivity contribution >= 4 is 48.5 Å². The normalized spacial score (nSPS) is 14.1. The molecule has 0 unspecified atom stereocenters. The number of sulfone groups is 1. The van der Waals surface area contributed by atoms with Crippen molar-refractivity contribution in [3.8, 4) is 17.1 Å². The molecule has 1 aliphatic heterocycles. The van der Waals surface area contributed by atoms with E-state index in [9.17, 15) is 8.42 Å². The highest BCUT2D eigenvalue weighted by atomic mass is 32.2. The van der Waals surface area contributed by atoms with Gasteiger partial charge in [-0.1, -0.05) is 30.3 Å². The minimum absolute atomic E-state index is 0.244. The third-order valence-corrected chi connectivity index (χ3v) is 8.80. The first-order valence-corrected chi connectivity index (χ1v) is 13.0. The first-order valence-electron chi connectivity index (χ1n) is 11.6. The van der Waals surface area contributed by atoms with Crippen molar-refractivity contribution in [3.63, 3.8) is 0 Å². The van der Waals surface area contributed by atoms with Gasteiger partial charge >= 0.3 is 0 Å². The molecule has 0 saturated carbocycles. The smallest absolute Gasteiger partial charge is 0.210 e. The Morgan fingerprint density at radius 1 is 0.722 bits per heavy atom. The maximum absolute atomic E-state index is 13.8. The Morgan fingerprint density at radius 3 is 2.39 bits per heavy atom. The molecule has 0 atom stereocenters. The monoisotopic (exact) mass is 487 g/mol. The number of rotatable bonds is 1. The number of benzene rings is 4. The second-order valence-electron chi connectivity index (χ2n) is 9.02. The zero-order valence-corrected chi connectivity index (χ0v) is 19.9. The lowest BCUT2D eigenvalue weighted by atomic mass is 10.1. The molecule has 4 aromatic carbocycles. The summed E-state index contributed by atoms with van der Waals surface area (Å²) in [6.45, 7) is 1.89. The Bertz CT molecular complexity index is 2190. The van der Waals surface area contributed by atoms with Crippen molar-refractivity contribution in [1.29, 1.82) is 0 Å². The summed E-state index contributed by atoms with van der Waals surface area (Å²) < 4.78 is 31.6. The molecule has 0 amide bonds. The molecule has 8 rings (SSSR count). The molecule has 8 heteroatoms. The molecule has 0 fully saturated rings. The number of para-hydroxylation sites is 4. The molecule has 4 heterocycles. The lowest BCUT2D eigenvalue weighted by Crippen LogP contribution is -2.15. The summed E-state index contributed by atoms with van der Waals surface area (Å²) in [6, 6.07) is 26.5. The van der Waals surface area contributed by atoms with Gasteiger partial charge in [-0.3, -0.25) is 8.97 Å². The standard InChI is InChI=1S/C28H17N5O2S/c1-16-29-21-10-6-12-24-26(21)32(16)23-14-13-17(15-25(23)36(24,34)35)27-30-19-8-3-2-7-18(19)28-31-20-9-4-5-11-22(20)33(27)28/h2-15H,1H3. The van der Waals surface area contributed by atoms with Crippen LogP contribution in [-0.4, -0.2) is 32.3 Å². The van der Waals surface area contributed by atoms with Crippen LogP contribution in [0.3, 0.4) is 0 Å². The van der Waals surface area contributed by atoms with Gasteiger partial charge in [0, 0.05) is 10.9 Å². The van der Waals surface area contributed by atoms with Crippen LogP contribution in [0, 0.1) is 6.92 Å². The van der Waals surface area contributed by atoms with Crippen molar-refractivity contribution in [2.75, 3.05) is 0 Å². The zero-order valence-electron chi connectivity index (χ0n) is 19.0. The van der Waals surface area contributed by atoms with Gasteiger partial charge in [-0.05, 0) is 61.5 Å². The number of hydrogen-bond acceptors (Lipinski definition) is 5. The van der Waals surface area contributed by atoms with Gasteiger partial charge in [0.05, 0.1) is 43.1 Å². The molecular formula is C28H17N5O2S. The third kappa shape index (κ3) is 2.36. The van der Waals surface area contributed by atoms with Gasteiger partial charge in [-0.15, -0.1) is 0 Å². The molecule has 0 aliphatic carbocycles. The topological polar surface area (TPSA) is 82.2 Å². The maximum atomic E-state index is 13.8.